The van der Waals surface area contributed by atoms with Crippen molar-refractivity contribution >= 4 is 22.8 Å². The van der Waals surface area contributed by atoms with E-state index in [1.165, 1.54) is 12.0 Å². The highest BCUT2D eigenvalue weighted by Crippen LogP contribution is 2.40. The third kappa shape index (κ3) is 4.14. The van der Waals surface area contributed by atoms with Gasteiger partial charge in [-0.3, -0.25) is 0 Å². The Balaban J connectivity index is 0.00000117. The fourth-order valence-corrected chi connectivity index (χ4v) is 3.73. The molecule has 2 atom stereocenters. The molecule has 1 aliphatic heterocycles. The largest absolute Gasteiger partial charge is 0.484 e. The van der Waals surface area contributed by atoms with Crippen LogP contribution in [0.4, 0.5) is 13.2 Å². The van der Waals surface area contributed by atoms with E-state index in [1.54, 1.807) is 6.07 Å². The lowest BCUT2D eigenvalue weighted by molar-refractivity contribution is 0.149. The summed E-state index contributed by atoms with van der Waals surface area (Å²) in [4.78, 5) is 0. The molecular weight excluding hydrogens is 403 g/mol. The average molecular weight is 423 g/mol. The van der Waals surface area contributed by atoms with Crippen molar-refractivity contribution in [2.75, 3.05) is 13.4 Å². The Hall–Kier alpha value is -2.42. The first-order chi connectivity index (χ1) is 14.0. The number of hydrogen-bond donors (Lipinski definition) is 2. The maximum atomic E-state index is 14.2. The first-order valence-corrected chi connectivity index (χ1v) is 9.90. The van der Waals surface area contributed by atoms with E-state index in [9.17, 15) is 13.2 Å². The van der Waals surface area contributed by atoms with Crippen molar-refractivity contribution in [3.63, 3.8) is 0 Å². The molecule has 0 bridgehead atoms. The predicted octanol–water partition coefficient (Wildman–Crippen LogP) is 4.53. The van der Waals surface area contributed by atoms with Gasteiger partial charge in [0.15, 0.2) is 11.6 Å². The van der Waals surface area contributed by atoms with Gasteiger partial charge in [-0.1, -0.05) is 12.1 Å². The molecular formula is C21H20F3NO3S. The van der Waals surface area contributed by atoms with Crippen LogP contribution >= 0.6 is 12.0 Å². The zero-order chi connectivity index (χ0) is 21.1. The van der Waals surface area contributed by atoms with Crippen molar-refractivity contribution in [1.82, 2.24) is 0 Å². The third-order valence-corrected chi connectivity index (χ3v) is 5.03. The van der Waals surface area contributed by atoms with E-state index < -0.39 is 29.6 Å². The molecule has 154 valence electrons. The summed E-state index contributed by atoms with van der Waals surface area (Å²) >= 11 is 1.26. The molecule has 0 saturated carbocycles. The smallest absolute Gasteiger partial charge is 0.161 e. The van der Waals surface area contributed by atoms with Gasteiger partial charge in [-0.15, -0.1) is 0 Å². The number of rotatable bonds is 3. The monoisotopic (exact) mass is 423 g/mol. The van der Waals surface area contributed by atoms with Crippen molar-refractivity contribution in [3.8, 4) is 11.5 Å². The molecule has 1 unspecified atom stereocenters. The Morgan fingerprint density at radius 3 is 2.48 bits per heavy atom. The minimum Gasteiger partial charge on any atom is -0.484 e. The molecule has 3 aromatic carbocycles. The molecule has 4 rings (SSSR count). The standard InChI is InChI=1S/C20H16F3NO2S.CH4O/c1-27-26-11-3-4-12-10(6-11)2-5-19-13(12)8-18(24)20(25-19)14-7-16(22)17(23)9-15(14)21;1-2/h2-7,9,18,20H,8,24H2,1H3;2H,1H3/t18?,20-;/m1./s1. The van der Waals surface area contributed by atoms with Gasteiger partial charge in [-0.2, -0.15) is 0 Å². The number of halogens is 3. The second kappa shape index (κ2) is 8.94. The quantitative estimate of drug-likeness (QED) is 0.479. The summed E-state index contributed by atoms with van der Waals surface area (Å²) in [6.45, 7) is 0. The molecule has 1 heterocycles. The fraction of sp³-hybridized carbons (Fsp3) is 0.238. The van der Waals surface area contributed by atoms with Crippen LogP contribution in [0.25, 0.3) is 10.8 Å². The molecule has 1 aliphatic rings. The van der Waals surface area contributed by atoms with Crippen LogP contribution in [0.5, 0.6) is 11.5 Å². The van der Waals surface area contributed by atoms with Crippen molar-refractivity contribution in [2.45, 2.75) is 18.6 Å². The predicted molar refractivity (Wildman–Crippen MR) is 108 cm³/mol. The van der Waals surface area contributed by atoms with E-state index in [4.69, 9.17) is 19.8 Å². The maximum absolute atomic E-state index is 14.2. The number of benzene rings is 3. The first-order valence-electron chi connectivity index (χ1n) is 8.75. The summed E-state index contributed by atoms with van der Waals surface area (Å²) in [6.07, 6.45) is 1.35. The normalized spacial score (nSPS) is 17.8. The van der Waals surface area contributed by atoms with Gasteiger partial charge >= 0.3 is 0 Å². The average Bonchev–Trinajstić information content (AvgIpc) is 2.72. The van der Waals surface area contributed by atoms with Gasteiger partial charge in [0.05, 0.1) is 18.1 Å². The highest BCUT2D eigenvalue weighted by atomic mass is 32.2. The first kappa shape index (κ1) is 21.3. The highest BCUT2D eigenvalue weighted by Gasteiger charge is 2.32. The van der Waals surface area contributed by atoms with Gasteiger partial charge in [0.2, 0.25) is 0 Å². The summed E-state index contributed by atoms with van der Waals surface area (Å²) < 4.78 is 52.3. The van der Waals surface area contributed by atoms with Crippen LogP contribution in [0.2, 0.25) is 0 Å². The summed E-state index contributed by atoms with van der Waals surface area (Å²) in [5, 5.41) is 8.93. The number of ether oxygens (including phenoxy) is 1. The third-order valence-electron chi connectivity index (χ3n) is 4.67. The van der Waals surface area contributed by atoms with Crippen LogP contribution in [-0.2, 0) is 6.42 Å². The topological polar surface area (TPSA) is 64.7 Å². The van der Waals surface area contributed by atoms with Gasteiger partial charge < -0.3 is 19.8 Å². The maximum Gasteiger partial charge on any atom is 0.161 e. The van der Waals surface area contributed by atoms with Crippen LogP contribution in [-0.4, -0.2) is 24.5 Å². The number of aliphatic hydroxyl groups is 1. The molecule has 4 nitrogen and oxygen atoms in total. The highest BCUT2D eigenvalue weighted by molar-refractivity contribution is 7.94. The molecule has 0 fully saturated rings. The van der Waals surface area contributed by atoms with Crippen molar-refractivity contribution < 1.29 is 27.2 Å². The van der Waals surface area contributed by atoms with Crippen LogP contribution < -0.4 is 14.7 Å². The van der Waals surface area contributed by atoms with Crippen LogP contribution in [0, 0.1) is 17.5 Å². The number of nitrogens with two attached hydrogens (primary N) is 1. The van der Waals surface area contributed by atoms with Gasteiger partial charge in [-0.05, 0) is 41.5 Å². The molecule has 0 radical (unpaired) electrons. The summed E-state index contributed by atoms with van der Waals surface area (Å²) in [5.74, 6) is -1.96. The van der Waals surface area contributed by atoms with E-state index in [0.29, 0.717) is 18.2 Å². The minimum atomic E-state index is -1.24. The van der Waals surface area contributed by atoms with Crippen LogP contribution in [0.1, 0.15) is 17.2 Å². The van der Waals surface area contributed by atoms with E-state index in [0.717, 1.165) is 35.3 Å². The Bertz CT molecular complexity index is 1030. The Labute approximate surface area is 170 Å². The van der Waals surface area contributed by atoms with E-state index in [-0.39, 0.29) is 5.56 Å². The zero-order valence-electron chi connectivity index (χ0n) is 15.8. The molecule has 3 aromatic rings. The molecule has 0 aliphatic carbocycles. The molecule has 8 heteroatoms. The summed E-state index contributed by atoms with van der Waals surface area (Å²) in [6, 6.07) is 10.1. The molecule has 29 heavy (non-hydrogen) atoms. The van der Waals surface area contributed by atoms with Gasteiger partial charge in [0.1, 0.15) is 23.4 Å². The number of fused-ring (bicyclic) bond motifs is 3. The number of aliphatic hydroxyl groups excluding tert-OH is 1. The molecule has 0 amide bonds. The van der Waals surface area contributed by atoms with E-state index in [1.807, 2.05) is 30.5 Å². The van der Waals surface area contributed by atoms with Gasteiger partial charge in [-0.25, -0.2) is 13.2 Å². The molecule has 3 N–H and O–H groups in total. The Morgan fingerprint density at radius 1 is 1.03 bits per heavy atom. The fourth-order valence-electron chi connectivity index (χ4n) is 3.44. The second-order valence-corrected chi connectivity index (χ2v) is 6.87. The second-order valence-electron chi connectivity index (χ2n) is 6.37. The van der Waals surface area contributed by atoms with Crippen molar-refractivity contribution in [1.29, 1.82) is 0 Å². The Kier molecular flexibility index (Phi) is 6.56. The van der Waals surface area contributed by atoms with Crippen LogP contribution in [0.3, 0.4) is 0 Å². The SMILES string of the molecule is CO.CSOc1ccc2c3c(ccc2c1)O[C@H](c1cc(F)c(F)cc1F)C(N)C3. The minimum absolute atomic E-state index is 0.0872. The Morgan fingerprint density at radius 2 is 1.76 bits per heavy atom. The lowest BCUT2D eigenvalue weighted by atomic mass is 9.90. The molecule has 0 aromatic heterocycles. The van der Waals surface area contributed by atoms with Gasteiger partial charge in [0.25, 0.3) is 0 Å². The van der Waals surface area contributed by atoms with Crippen molar-refractivity contribution in [2.24, 2.45) is 5.73 Å². The lowest BCUT2D eigenvalue weighted by Crippen LogP contribution is -2.38. The molecule has 0 spiro atoms. The van der Waals surface area contributed by atoms with Crippen molar-refractivity contribution in [3.05, 3.63) is 71.0 Å². The zero-order valence-corrected chi connectivity index (χ0v) is 16.6. The van der Waals surface area contributed by atoms with E-state index >= 15 is 0 Å². The summed E-state index contributed by atoms with van der Waals surface area (Å²) in [5.41, 5.74) is 7.03. The van der Waals surface area contributed by atoms with Crippen LogP contribution in [0.15, 0.2) is 42.5 Å². The number of hydrogen-bond acceptors (Lipinski definition) is 5. The summed E-state index contributed by atoms with van der Waals surface area (Å²) in [7, 11) is 1.00. The molecule has 0 saturated heterocycles. The van der Waals surface area contributed by atoms with E-state index in [2.05, 4.69) is 0 Å². The lowest BCUT2D eigenvalue weighted by Gasteiger charge is -2.32. The van der Waals surface area contributed by atoms with Gasteiger partial charge in [0, 0.05) is 30.6 Å².